The van der Waals surface area contributed by atoms with Crippen molar-refractivity contribution in [3.63, 3.8) is 0 Å². The van der Waals surface area contributed by atoms with Crippen LogP contribution in [0.3, 0.4) is 0 Å². The average Bonchev–Trinajstić information content (AvgIpc) is 2.52. The number of carbonyl (C=O) groups is 1. The van der Waals surface area contributed by atoms with Crippen LogP contribution in [0.5, 0.6) is 0 Å². The predicted octanol–water partition coefficient (Wildman–Crippen LogP) is 3.18. The highest BCUT2D eigenvalue weighted by Gasteiger charge is 2.10. The monoisotopic (exact) mass is 298 g/mol. The number of carboxylic acids is 1. The van der Waals surface area contributed by atoms with Gasteiger partial charge in [0.15, 0.2) is 0 Å². The van der Waals surface area contributed by atoms with Gasteiger partial charge in [0, 0.05) is 18.8 Å². The second-order valence-corrected chi connectivity index (χ2v) is 4.85. The summed E-state index contributed by atoms with van der Waals surface area (Å²) in [5, 5.41) is 17.8. The summed E-state index contributed by atoms with van der Waals surface area (Å²) in [7, 11) is 0. The van der Waals surface area contributed by atoms with Gasteiger partial charge >= 0.3 is 5.97 Å². The van der Waals surface area contributed by atoms with E-state index in [1.165, 1.54) is 12.1 Å². The van der Waals surface area contributed by atoms with E-state index in [1.807, 2.05) is 11.0 Å². The zero-order valence-electron chi connectivity index (χ0n) is 11.9. The molecule has 0 fully saturated rings. The summed E-state index contributed by atoms with van der Waals surface area (Å²) in [4.78, 5) is 12.7. The van der Waals surface area contributed by atoms with Crippen molar-refractivity contribution >= 4 is 11.7 Å². The first-order valence-corrected chi connectivity index (χ1v) is 6.80. The second kappa shape index (κ2) is 7.23. The summed E-state index contributed by atoms with van der Waals surface area (Å²) in [6.45, 7) is 0.756. The Balaban J connectivity index is 2.21. The third-order valence-electron chi connectivity index (χ3n) is 3.22. The first kappa shape index (κ1) is 15.5. The summed E-state index contributed by atoms with van der Waals surface area (Å²) in [6, 6.07) is 15.1. The van der Waals surface area contributed by atoms with Crippen molar-refractivity contribution in [1.82, 2.24) is 0 Å². The lowest BCUT2D eigenvalue weighted by atomic mass is 10.1. The summed E-state index contributed by atoms with van der Waals surface area (Å²) < 4.78 is 13.0. The highest BCUT2D eigenvalue weighted by Crippen LogP contribution is 2.19. The minimum Gasteiger partial charge on any atom is -0.481 e. The lowest BCUT2D eigenvalue weighted by Gasteiger charge is -2.24. The van der Waals surface area contributed by atoms with Gasteiger partial charge in [-0.15, -0.1) is 0 Å². The van der Waals surface area contributed by atoms with Gasteiger partial charge in [-0.2, -0.15) is 5.26 Å². The fourth-order valence-electron chi connectivity index (χ4n) is 2.14. The van der Waals surface area contributed by atoms with Gasteiger partial charge in [-0.25, -0.2) is 4.39 Å². The molecule has 0 aliphatic heterocycles. The standard InChI is InChI=1S/C17H15FN2O2/c18-15-4-6-16(7-5-15)20(9-8-17(21)22)12-14-3-1-2-13(10-14)11-19/h1-7,10H,8-9,12H2,(H,21,22). The molecule has 0 saturated heterocycles. The number of rotatable bonds is 6. The van der Waals surface area contributed by atoms with Crippen LogP contribution in [0.1, 0.15) is 17.5 Å². The predicted molar refractivity (Wildman–Crippen MR) is 80.9 cm³/mol. The van der Waals surface area contributed by atoms with Gasteiger partial charge in [0.1, 0.15) is 5.82 Å². The van der Waals surface area contributed by atoms with Crippen molar-refractivity contribution in [1.29, 1.82) is 5.26 Å². The lowest BCUT2D eigenvalue weighted by molar-refractivity contribution is -0.136. The molecule has 0 bridgehead atoms. The normalized spacial score (nSPS) is 10.0. The first-order valence-electron chi connectivity index (χ1n) is 6.80. The Morgan fingerprint density at radius 2 is 1.95 bits per heavy atom. The Labute approximate surface area is 128 Å². The van der Waals surface area contributed by atoms with Gasteiger partial charge < -0.3 is 10.0 Å². The third kappa shape index (κ3) is 4.32. The van der Waals surface area contributed by atoms with Crippen LogP contribution in [0.15, 0.2) is 48.5 Å². The van der Waals surface area contributed by atoms with Gasteiger partial charge in [0.25, 0.3) is 0 Å². The molecular formula is C17H15FN2O2. The maximum Gasteiger partial charge on any atom is 0.305 e. The van der Waals surface area contributed by atoms with Gasteiger partial charge in [-0.05, 0) is 42.0 Å². The minimum absolute atomic E-state index is 0.0185. The van der Waals surface area contributed by atoms with E-state index in [9.17, 15) is 9.18 Å². The molecule has 0 heterocycles. The number of nitrogens with zero attached hydrogens (tertiary/aromatic N) is 2. The molecular weight excluding hydrogens is 283 g/mol. The van der Waals surface area contributed by atoms with E-state index in [0.717, 1.165) is 11.3 Å². The van der Waals surface area contributed by atoms with Gasteiger partial charge in [-0.3, -0.25) is 4.79 Å². The number of halogens is 1. The van der Waals surface area contributed by atoms with Crippen LogP contribution in [0.4, 0.5) is 10.1 Å². The zero-order chi connectivity index (χ0) is 15.9. The van der Waals surface area contributed by atoms with E-state index in [0.29, 0.717) is 18.7 Å². The number of anilines is 1. The Bertz CT molecular complexity index is 693. The highest BCUT2D eigenvalue weighted by molar-refractivity contribution is 5.67. The second-order valence-electron chi connectivity index (χ2n) is 4.85. The lowest BCUT2D eigenvalue weighted by Crippen LogP contribution is -2.25. The van der Waals surface area contributed by atoms with Crippen molar-refractivity contribution in [2.75, 3.05) is 11.4 Å². The quantitative estimate of drug-likeness (QED) is 0.889. The number of hydrogen-bond acceptors (Lipinski definition) is 3. The average molecular weight is 298 g/mol. The van der Waals surface area contributed by atoms with E-state index in [1.54, 1.807) is 30.3 Å². The van der Waals surface area contributed by atoms with E-state index < -0.39 is 5.97 Å². The summed E-state index contributed by atoms with van der Waals surface area (Å²) in [6.07, 6.45) is -0.0185. The largest absolute Gasteiger partial charge is 0.481 e. The molecule has 0 radical (unpaired) electrons. The molecule has 0 atom stereocenters. The minimum atomic E-state index is -0.891. The maximum atomic E-state index is 13.0. The first-order chi connectivity index (χ1) is 10.6. The van der Waals surface area contributed by atoms with E-state index in [4.69, 9.17) is 10.4 Å². The summed E-state index contributed by atoms with van der Waals surface area (Å²) >= 11 is 0. The SMILES string of the molecule is N#Cc1cccc(CN(CCC(=O)O)c2ccc(F)cc2)c1. The molecule has 0 spiro atoms. The highest BCUT2D eigenvalue weighted by atomic mass is 19.1. The van der Waals surface area contributed by atoms with Crippen LogP contribution >= 0.6 is 0 Å². The molecule has 0 amide bonds. The molecule has 0 unspecified atom stereocenters. The molecule has 4 nitrogen and oxygen atoms in total. The molecule has 112 valence electrons. The Morgan fingerprint density at radius 3 is 2.59 bits per heavy atom. The van der Waals surface area contributed by atoms with Crippen molar-refractivity contribution in [2.24, 2.45) is 0 Å². The zero-order valence-corrected chi connectivity index (χ0v) is 11.9. The van der Waals surface area contributed by atoms with Gasteiger partial charge in [0.2, 0.25) is 0 Å². The Kier molecular flexibility index (Phi) is 5.10. The molecule has 0 aromatic heterocycles. The Morgan fingerprint density at radius 1 is 1.23 bits per heavy atom. The Hall–Kier alpha value is -2.87. The van der Waals surface area contributed by atoms with Gasteiger partial charge in [-0.1, -0.05) is 12.1 Å². The van der Waals surface area contributed by atoms with Crippen LogP contribution in [-0.2, 0) is 11.3 Å². The topological polar surface area (TPSA) is 64.3 Å². The van der Waals surface area contributed by atoms with E-state index in [-0.39, 0.29) is 12.2 Å². The van der Waals surface area contributed by atoms with Crippen molar-refractivity contribution in [2.45, 2.75) is 13.0 Å². The van der Waals surface area contributed by atoms with Gasteiger partial charge in [0.05, 0.1) is 18.1 Å². The molecule has 0 aliphatic rings. The van der Waals surface area contributed by atoms with Crippen molar-refractivity contribution in [3.05, 3.63) is 65.5 Å². The van der Waals surface area contributed by atoms with Crippen LogP contribution in [0.2, 0.25) is 0 Å². The molecule has 1 N–H and O–H groups in total. The van der Waals surface area contributed by atoms with Crippen molar-refractivity contribution in [3.8, 4) is 6.07 Å². The van der Waals surface area contributed by atoms with E-state index >= 15 is 0 Å². The molecule has 5 heteroatoms. The molecule has 0 aliphatic carbocycles. The van der Waals surface area contributed by atoms with E-state index in [2.05, 4.69) is 6.07 Å². The summed E-state index contributed by atoms with van der Waals surface area (Å²) in [5.74, 6) is -1.23. The number of aliphatic carboxylic acids is 1. The maximum absolute atomic E-state index is 13.0. The number of benzene rings is 2. The molecule has 2 aromatic carbocycles. The van der Waals surface area contributed by atoms with Crippen LogP contribution in [0, 0.1) is 17.1 Å². The molecule has 22 heavy (non-hydrogen) atoms. The number of hydrogen-bond donors (Lipinski definition) is 1. The fraction of sp³-hybridized carbons (Fsp3) is 0.176. The third-order valence-corrected chi connectivity index (χ3v) is 3.22. The van der Waals surface area contributed by atoms with Crippen LogP contribution in [-0.4, -0.2) is 17.6 Å². The fourth-order valence-corrected chi connectivity index (χ4v) is 2.14. The van der Waals surface area contributed by atoms with Crippen molar-refractivity contribution < 1.29 is 14.3 Å². The molecule has 0 saturated carbocycles. The van der Waals surface area contributed by atoms with Crippen LogP contribution < -0.4 is 4.90 Å². The van der Waals surface area contributed by atoms with Crippen LogP contribution in [0.25, 0.3) is 0 Å². The molecule has 2 rings (SSSR count). The number of carboxylic acid groups (broad SMARTS) is 1. The number of nitriles is 1. The molecule has 2 aromatic rings. The smallest absolute Gasteiger partial charge is 0.305 e. The summed E-state index contributed by atoms with van der Waals surface area (Å²) in [5.41, 5.74) is 2.19.